The van der Waals surface area contributed by atoms with Crippen LogP contribution in [0.1, 0.15) is 0 Å². The molecule has 0 aliphatic carbocycles. The minimum atomic E-state index is 0.901. The summed E-state index contributed by atoms with van der Waals surface area (Å²) < 4.78 is 15.0. The maximum Gasteiger partial charge on any atom is 0.136 e. The SMILES string of the molecule is c1ccc(-c2ccc(N(c3ccc(-c4ccc5c(c4)oc4ccccc45)cc3)c3ccc(-c4cccc5c4sc4c5ccc5oc6ccccc6c54)cc3)cc2)cc1. The number of rotatable bonds is 6. The molecule has 12 aromatic rings. The van der Waals surface area contributed by atoms with E-state index in [0.717, 1.165) is 66.7 Å². The number of furan rings is 2. The molecule has 0 fully saturated rings. The molecule has 12 rings (SSSR count). The Kier molecular flexibility index (Phi) is 7.40. The highest BCUT2D eigenvalue weighted by molar-refractivity contribution is 7.27. The van der Waals surface area contributed by atoms with Gasteiger partial charge in [0.05, 0.1) is 0 Å². The molecule has 58 heavy (non-hydrogen) atoms. The van der Waals surface area contributed by atoms with Crippen molar-refractivity contribution in [3.63, 3.8) is 0 Å². The summed E-state index contributed by atoms with van der Waals surface area (Å²) in [7, 11) is 0. The van der Waals surface area contributed by atoms with Crippen LogP contribution in [-0.2, 0) is 0 Å². The van der Waals surface area contributed by atoms with E-state index in [4.69, 9.17) is 8.83 Å². The lowest BCUT2D eigenvalue weighted by Gasteiger charge is -2.26. The Morgan fingerprint density at radius 3 is 1.53 bits per heavy atom. The fourth-order valence-electron chi connectivity index (χ4n) is 8.67. The number of hydrogen-bond acceptors (Lipinski definition) is 4. The molecule has 0 saturated heterocycles. The van der Waals surface area contributed by atoms with Crippen LogP contribution in [0.15, 0.2) is 209 Å². The molecule has 3 heterocycles. The van der Waals surface area contributed by atoms with Gasteiger partial charge < -0.3 is 13.7 Å². The Morgan fingerprint density at radius 1 is 0.310 bits per heavy atom. The normalized spacial score (nSPS) is 11.8. The number of para-hydroxylation sites is 2. The smallest absolute Gasteiger partial charge is 0.136 e. The highest BCUT2D eigenvalue weighted by atomic mass is 32.1. The van der Waals surface area contributed by atoms with Crippen molar-refractivity contribution >= 4 is 92.4 Å². The van der Waals surface area contributed by atoms with Crippen LogP contribution < -0.4 is 4.90 Å². The first-order chi connectivity index (χ1) is 28.7. The predicted molar refractivity (Wildman–Crippen MR) is 245 cm³/mol. The second-order valence-electron chi connectivity index (χ2n) is 14.8. The summed E-state index contributed by atoms with van der Waals surface area (Å²) in [6.45, 7) is 0. The first-order valence-electron chi connectivity index (χ1n) is 19.6. The van der Waals surface area contributed by atoms with Crippen molar-refractivity contribution in [1.29, 1.82) is 0 Å². The van der Waals surface area contributed by atoms with Gasteiger partial charge in [-0.1, -0.05) is 127 Å². The van der Waals surface area contributed by atoms with E-state index in [1.165, 1.54) is 47.8 Å². The van der Waals surface area contributed by atoms with Crippen LogP contribution in [0.3, 0.4) is 0 Å². The summed E-state index contributed by atoms with van der Waals surface area (Å²) >= 11 is 1.86. The zero-order valence-corrected chi connectivity index (χ0v) is 32.0. The molecule has 9 aromatic carbocycles. The standard InChI is InChI=1S/C54H33NO2S/c1-2-9-34(10-3-1)35-17-24-39(25-18-35)55(40-26-19-36(20-27-40)38-23-30-44-43-11-4-6-15-48(43)57-51(44)33-38)41-28-21-37(22-29-41)42-13-8-14-45-46-31-32-50-52(54(46)58-53(42)45)47-12-5-7-16-49(47)56-50/h1-33H. The highest BCUT2D eigenvalue weighted by Gasteiger charge is 2.18. The number of fused-ring (bicyclic) bond motifs is 10. The Balaban J connectivity index is 0.938. The molecule has 0 spiro atoms. The van der Waals surface area contributed by atoms with Crippen molar-refractivity contribution in [2.75, 3.05) is 4.90 Å². The molecule has 0 atom stereocenters. The van der Waals surface area contributed by atoms with Crippen molar-refractivity contribution in [2.45, 2.75) is 0 Å². The molecule has 0 aliphatic rings. The van der Waals surface area contributed by atoms with E-state index in [0.29, 0.717) is 0 Å². The van der Waals surface area contributed by atoms with Gasteiger partial charge in [0.25, 0.3) is 0 Å². The Morgan fingerprint density at radius 2 is 0.810 bits per heavy atom. The Bertz CT molecular complexity index is 3480. The lowest BCUT2D eigenvalue weighted by atomic mass is 10.0. The fourth-order valence-corrected chi connectivity index (χ4v) is 10.1. The van der Waals surface area contributed by atoms with Crippen LogP contribution in [0.4, 0.5) is 17.1 Å². The zero-order chi connectivity index (χ0) is 38.2. The molecular formula is C54H33NO2S. The molecular weight excluding hydrogens is 727 g/mol. The third kappa shape index (κ3) is 5.27. The average Bonchev–Trinajstić information content (AvgIpc) is 3.98. The molecule has 0 radical (unpaired) electrons. The predicted octanol–water partition coefficient (Wildman–Crippen LogP) is 16.3. The van der Waals surface area contributed by atoms with Gasteiger partial charge in [-0.3, -0.25) is 0 Å². The number of nitrogens with zero attached hydrogens (tertiary/aromatic N) is 1. The van der Waals surface area contributed by atoms with E-state index in [2.05, 4.69) is 187 Å². The van der Waals surface area contributed by atoms with Gasteiger partial charge in [0.1, 0.15) is 22.3 Å². The molecule has 272 valence electrons. The third-order valence-electron chi connectivity index (χ3n) is 11.5. The van der Waals surface area contributed by atoms with Gasteiger partial charge in [-0.25, -0.2) is 0 Å². The van der Waals surface area contributed by atoms with E-state index in [1.54, 1.807) is 0 Å². The second kappa shape index (κ2) is 13.1. The van der Waals surface area contributed by atoms with Crippen molar-refractivity contribution in [3.05, 3.63) is 200 Å². The van der Waals surface area contributed by atoms with E-state index in [1.807, 2.05) is 29.5 Å². The minimum Gasteiger partial charge on any atom is -0.456 e. The highest BCUT2D eigenvalue weighted by Crippen LogP contribution is 2.46. The number of thiophene rings is 1. The summed E-state index contributed by atoms with van der Waals surface area (Å²) in [5.74, 6) is 0. The van der Waals surface area contributed by atoms with Gasteiger partial charge in [0.15, 0.2) is 0 Å². The minimum absolute atomic E-state index is 0.901. The van der Waals surface area contributed by atoms with Gasteiger partial charge >= 0.3 is 0 Å². The second-order valence-corrected chi connectivity index (χ2v) is 15.9. The summed E-state index contributed by atoms with van der Waals surface area (Å²) in [6.07, 6.45) is 0. The molecule has 0 N–H and O–H groups in total. The van der Waals surface area contributed by atoms with Crippen LogP contribution in [0.2, 0.25) is 0 Å². The lowest BCUT2D eigenvalue weighted by Crippen LogP contribution is -2.09. The van der Waals surface area contributed by atoms with Crippen LogP contribution in [-0.4, -0.2) is 0 Å². The molecule has 3 aromatic heterocycles. The Hall–Kier alpha value is -7.40. The molecule has 0 aliphatic heterocycles. The summed E-state index contributed by atoms with van der Waals surface area (Å²) in [5, 5.41) is 7.18. The fraction of sp³-hybridized carbons (Fsp3) is 0. The molecule has 4 heteroatoms. The van der Waals surface area contributed by atoms with Gasteiger partial charge in [0.2, 0.25) is 0 Å². The maximum absolute atomic E-state index is 6.26. The maximum atomic E-state index is 6.26. The number of anilines is 3. The lowest BCUT2D eigenvalue weighted by molar-refractivity contribution is 0.669. The van der Waals surface area contributed by atoms with Crippen molar-refractivity contribution in [2.24, 2.45) is 0 Å². The molecule has 0 bridgehead atoms. The monoisotopic (exact) mass is 759 g/mol. The average molecular weight is 760 g/mol. The van der Waals surface area contributed by atoms with Gasteiger partial charge in [-0.2, -0.15) is 0 Å². The molecule has 0 saturated carbocycles. The van der Waals surface area contributed by atoms with Gasteiger partial charge in [0, 0.05) is 58.8 Å². The summed E-state index contributed by atoms with van der Waals surface area (Å²) in [6, 6.07) is 71.4. The largest absolute Gasteiger partial charge is 0.456 e. The summed E-state index contributed by atoms with van der Waals surface area (Å²) in [4.78, 5) is 2.34. The van der Waals surface area contributed by atoms with Crippen molar-refractivity contribution in [3.8, 4) is 33.4 Å². The van der Waals surface area contributed by atoms with E-state index in [9.17, 15) is 0 Å². The first-order valence-corrected chi connectivity index (χ1v) is 20.4. The molecule has 0 amide bonds. The van der Waals surface area contributed by atoms with Crippen LogP contribution in [0.25, 0.3) is 97.4 Å². The number of benzene rings is 9. The molecule has 0 unspecified atom stereocenters. The van der Waals surface area contributed by atoms with Gasteiger partial charge in [-0.15, -0.1) is 11.3 Å². The van der Waals surface area contributed by atoms with E-state index < -0.39 is 0 Å². The first kappa shape index (κ1) is 32.8. The number of hydrogen-bond donors (Lipinski definition) is 0. The van der Waals surface area contributed by atoms with Crippen LogP contribution >= 0.6 is 11.3 Å². The van der Waals surface area contributed by atoms with Crippen molar-refractivity contribution in [1.82, 2.24) is 0 Å². The zero-order valence-electron chi connectivity index (χ0n) is 31.2. The van der Waals surface area contributed by atoms with Gasteiger partial charge in [-0.05, 0) is 106 Å². The third-order valence-corrected chi connectivity index (χ3v) is 12.8. The van der Waals surface area contributed by atoms with E-state index >= 15 is 0 Å². The quantitative estimate of drug-likeness (QED) is 0.169. The topological polar surface area (TPSA) is 29.5 Å². The van der Waals surface area contributed by atoms with Crippen LogP contribution in [0.5, 0.6) is 0 Å². The summed E-state index contributed by atoms with van der Waals surface area (Å²) in [5.41, 5.74) is 14.0. The van der Waals surface area contributed by atoms with E-state index in [-0.39, 0.29) is 0 Å². The Labute approximate surface area is 338 Å². The van der Waals surface area contributed by atoms with Crippen LogP contribution in [0, 0.1) is 0 Å². The van der Waals surface area contributed by atoms with Crippen molar-refractivity contribution < 1.29 is 8.83 Å². The molecule has 3 nitrogen and oxygen atoms in total.